The van der Waals surface area contributed by atoms with E-state index in [4.69, 9.17) is 16.3 Å². The van der Waals surface area contributed by atoms with Gasteiger partial charge in [0.15, 0.2) is 0 Å². The Balaban J connectivity index is 1.60. The highest BCUT2D eigenvalue weighted by Crippen LogP contribution is 2.55. The van der Waals surface area contributed by atoms with Crippen molar-refractivity contribution in [1.29, 1.82) is 0 Å². The first kappa shape index (κ1) is 15.2. The highest BCUT2D eigenvalue weighted by Gasteiger charge is 2.55. The van der Waals surface area contributed by atoms with Crippen LogP contribution in [-0.4, -0.2) is 17.6 Å². The SMILES string of the molecule is CC1CCC(OC2CC(Cl)C23CCCCCC3)CC1C. The fourth-order valence-electron chi connectivity index (χ4n) is 4.77. The van der Waals surface area contributed by atoms with Gasteiger partial charge in [0, 0.05) is 10.8 Å². The van der Waals surface area contributed by atoms with E-state index < -0.39 is 0 Å². The molecule has 0 amide bonds. The van der Waals surface area contributed by atoms with E-state index in [9.17, 15) is 0 Å². The lowest BCUT2D eigenvalue weighted by Crippen LogP contribution is -2.56. The molecule has 3 aliphatic rings. The zero-order valence-corrected chi connectivity index (χ0v) is 14.0. The van der Waals surface area contributed by atoms with Crippen LogP contribution in [0.25, 0.3) is 0 Å². The monoisotopic (exact) mass is 298 g/mol. The van der Waals surface area contributed by atoms with Crippen LogP contribution < -0.4 is 0 Å². The van der Waals surface area contributed by atoms with Crippen molar-refractivity contribution in [2.24, 2.45) is 17.3 Å². The van der Waals surface area contributed by atoms with Crippen LogP contribution in [0.3, 0.4) is 0 Å². The van der Waals surface area contributed by atoms with Gasteiger partial charge in [0.05, 0.1) is 12.2 Å². The maximum absolute atomic E-state index is 6.64. The first-order chi connectivity index (χ1) is 9.62. The second-order valence-electron chi connectivity index (χ2n) is 7.86. The third-order valence-electron chi connectivity index (χ3n) is 6.63. The van der Waals surface area contributed by atoms with Gasteiger partial charge in [-0.2, -0.15) is 0 Å². The van der Waals surface area contributed by atoms with Crippen molar-refractivity contribution < 1.29 is 4.74 Å². The summed E-state index contributed by atoms with van der Waals surface area (Å²) in [7, 11) is 0. The van der Waals surface area contributed by atoms with E-state index in [0.717, 1.165) is 18.3 Å². The van der Waals surface area contributed by atoms with Crippen LogP contribution in [0.1, 0.15) is 78.1 Å². The van der Waals surface area contributed by atoms with Gasteiger partial charge >= 0.3 is 0 Å². The second-order valence-corrected chi connectivity index (χ2v) is 8.39. The predicted molar refractivity (Wildman–Crippen MR) is 85.2 cm³/mol. The van der Waals surface area contributed by atoms with Crippen molar-refractivity contribution in [3.05, 3.63) is 0 Å². The van der Waals surface area contributed by atoms with Gasteiger partial charge in [0.2, 0.25) is 0 Å². The summed E-state index contributed by atoms with van der Waals surface area (Å²) in [5, 5.41) is 0.380. The molecule has 3 fully saturated rings. The van der Waals surface area contributed by atoms with Crippen LogP contribution in [0, 0.1) is 17.3 Å². The molecule has 5 atom stereocenters. The maximum Gasteiger partial charge on any atom is 0.0663 e. The van der Waals surface area contributed by atoms with E-state index in [1.807, 2.05) is 0 Å². The van der Waals surface area contributed by atoms with Crippen molar-refractivity contribution in [2.75, 3.05) is 0 Å². The minimum atomic E-state index is 0.338. The van der Waals surface area contributed by atoms with Gasteiger partial charge in [0.1, 0.15) is 0 Å². The summed E-state index contributed by atoms with van der Waals surface area (Å²) < 4.78 is 6.58. The molecule has 3 saturated carbocycles. The molecule has 3 rings (SSSR count). The van der Waals surface area contributed by atoms with Crippen molar-refractivity contribution in [1.82, 2.24) is 0 Å². The Bertz CT molecular complexity index is 321. The average molecular weight is 299 g/mol. The molecule has 3 aliphatic carbocycles. The molecule has 1 nitrogen and oxygen atoms in total. The third kappa shape index (κ3) is 2.77. The molecule has 0 saturated heterocycles. The Morgan fingerprint density at radius 2 is 1.60 bits per heavy atom. The Kier molecular flexibility index (Phi) is 4.67. The molecule has 2 heteroatoms. The molecule has 0 aromatic carbocycles. The van der Waals surface area contributed by atoms with Crippen molar-refractivity contribution in [2.45, 2.75) is 95.6 Å². The molecule has 20 heavy (non-hydrogen) atoms. The highest BCUT2D eigenvalue weighted by atomic mass is 35.5. The fourth-order valence-corrected chi connectivity index (χ4v) is 5.29. The lowest BCUT2D eigenvalue weighted by Gasteiger charge is -2.54. The molecular weight excluding hydrogens is 268 g/mol. The Morgan fingerprint density at radius 3 is 2.20 bits per heavy atom. The summed E-state index contributed by atoms with van der Waals surface area (Å²) in [6.45, 7) is 4.79. The fraction of sp³-hybridized carbons (Fsp3) is 1.00. The van der Waals surface area contributed by atoms with Crippen molar-refractivity contribution >= 4 is 11.6 Å². The predicted octanol–water partition coefficient (Wildman–Crippen LogP) is 5.55. The summed E-state index contributed by atoms with van der Waals surface area (Å²) >= 11 is 6.64. The Morgan fingerprint density at radius 1 is 0.900 bits per heavy atom. The van der Waals surface area contributed by atoms with E-state index in [0.29, 0.717) is 23.0 Å². The zero-order valence-electron chi connectivity index (χ0n) is 13.2. The maximum atomic E-state index is 6.64. The quantitative estimate of drug-likeness (QED) is 0.607. The first-order valence-electron chi connectivity index (χ1n) is 8.91. The third-order valence-corrected chi connectivity index (χ3v) is 7.24. The molecule has 1 spiro atoms. The van der Waals surface area contributed by atoms with Crippen LogP contribution >= 0.6 is 11.6 Å². The van der Waals surface area contributed by atoms with Crippen LogP contribution in [0.4, 0.5) is 0 Å². The Hall–Kier alpha value is 0.250. The smallest absolute Gasteiger partial charge is 0.0663 e. The zero-order chi connectivity index (χ0) is 14.2. The van der Waals surface area contributed by atoms with Gasteiger partial charge in [0.25, 0.3) is 0 Å². The van der Waals surface area contributed by atoms with Gasteiger partial charge in [-0.15, -0.1) is 11.6 Å². The van der Waals surface area contributed by atoms with Gasteiger partial charge < -0.3 is 4.74 Å². The van der Waals surface area contributed by atoms with Crippen LogP contribution in [0.15, 0.2) is 0 Å². The molecule has 5 unspecified atom stereocenters. The van der Waals surface area contributed by atoms with Gasteiger partial charge in [-0.25, -0.2) is 0 Å². The summed E-state index contributed by atoms with van der Waals surface area (Å²) in [5.74, 6) is 1.70. The van der Waals surface area contributed by atoms with Crippen molar-refractivity contribution in [3.8, 4) is 0 Å². The lowest BCUT2D eigenvalue weighted by atomic mass is 9.61. The second kappa shape index (κ2) is 6.16. The normalized spacial score (nSPS) is 44.9. The van der Waals surface area contributed by atoms with Crippen LogP contribution in [0.5, 0.6) is 0 Å². The number of halogens is 1. The van der Waals surface area contributed by atoms with Gasteiger partial charge in [-0.1, -0.05) is 39.5 Å². The molecule has 0 aromatic rings. The van der Waals surface area contributed by atoms with E-state index in [-0.39, 0.29) is 0 Å². The molecule has 0 radical (unpaired) electrons. The molecule has 0 bridgehead atoms. The van der Waals surface area contributed by atoms with Crippen LogP contribution in [0.2, 0.25) is 0 Å². The molecule has 0 N–H and O–H groups in total. The van der Waals surface area contributed by atoms with Crippen LogP contribution in [-0.2, 0) is 4.74 Å². The number of ether oxygens (including phenoxy) is 1. The van der Waals surface area contributed by atoms with E-state index in [2.05, 4.69) is 13.8 Å². The first-order valence-corrected chi connectivity index (χ1v) is 9.35. The van der Waals surface area contributed by atoms with Crippen molar-refractivity contribution in [3.63, 3.8) is 0 Å². The van der Waals surface area contributed by atoms with Gasteiger partial charge in [-0.3, -0.25) is 0 Å². The van der Waals surface area contributed by atoms with E-state index in [1.165, 1.54) is 57.8 Å². The lowest BCUT2D eigenvalue weighted by molar-refractivity contribution is -0.158. The molecule has 116 valence electrons. The topological polar surface area (TPSA) is 9.23 Å². The minimum absolute atomic E-state index is 0.338. The van der Waals surface area contributed by atoms with E-state index in [1.54, 1.807) is 0 Å². The number of rotatable bonds is 2. The number of alkyl halides is 1. The molecule has 0 aliphatic heterocycles. The highest BCUT2D eigenvalue weighted by molar-refractivity contribution is 6.21. The number of hydrogen-bond donors (Lipinski definition) is 0. The summed E-state index contributed by atoms with van der Waals surface area (Å²) in [4.78, 5) is 0. The molecular formula is C18H31ClO. The standard InChI is InChI=1S/C18H31ClO/c1-13-7-8-15(11-14(13)2)20-17-12-16(19)18(17)9-5-3-4-6-10-18/h13-17H,3-12H2,1-2H3. The summed E-state index contributed by atoms with van der Waals surface area (Å²) in [5.41, 5.74) is 0.338. The molecule has 0 aromatic heterocycles. The number of hydrogen-bond acceptors (Lipinski definition) is 1. The average Bonchev–Trinajstić information content (AvgIpc) is 2.70. The summed E-state index contributed by atoms with van der Waals surface area (Å²) in [6, 6.07) is 0. The summed E-state index contributed by atoms with van der Waals surface area (Å²) in [6.07, 6.45) is 14.1. The molecule has 0 heterocycles. The van der Waals surface area contributed by atoms with Gasteiger partial charge in [-0.05, 0) is 50.4 Å². The minimum Gasteiger partial charge on any atom is -0.374 e. The largest absolute Gasteiger partial charge is 0.374 e. The van der Waals surface area contributed by atoms with E-state index >= 15 is 0 Å². The Labute approximate surface area is 129 Å².